The minimum Gasteiger partial charge on any atom is -0.392 e. The summed E-state index contributed by atoms with van der Waals surface area (Å²) in [5.41, 5.74) is 16.8. The maximum absolute atomic E-state index is 13.0. The molecule has 14 nitrogen and oxygen atoms in total. The maximum Gasteiger partial charge on any atom is 0.228 e. The van der Waals surface area contributed by atoms with Crippen LogP contribution in [0.4, 0.5) is 11.4 Å². The minimum atomic E-state index is -0.676. The van der Waals surface area contributed by atoms with Crippen LogP contribution < -0.4 is 21.7 Å². The van der Waals surface area contributed by atoms with Gasteiger partial charge in [-0.05, 0) is 78.4 Å². The Morgan fingerprint density at radius 1 is 0.750 bits per heavy atom. The zero-order valence-electron chi connectivity index (χ0n) is 33.3. The fourth-order valence-electron chi connectivity index (χ4n) is 5.52. The fourth-order valence-corrected chi connectivity index (χ4v) is 5.52. The van der Waals surface area contributed by atoms with E-state index in [-0.39, 0.29) is 73.6 Å². The van der Waals surface area contributed by atoms with Crippen molar-refractivity contribution in [3.05, 3.63) is 95.4 Å². The Hall–Kier alpha value is -5.14. The van der Waals surface area contributed by atoms with Crippen molar-refractivity contribution in [2.75, 3.05) is 17.2 Å². The second-order valence-corrected chi connectivity index (χ2v) is 14.3. The van der Waals surface area contributed by atoms with E-state index in [1.807, 2.05) is 27.7 Å². The molecule has 2 aromatic rings. The van der Waals surface area contributed by atoms with Crippen LogP contribution in [0.1, 0.15) is 90.2 Å². The van der Waals surface area contributed by atoms with Crippen LogP contribution in [-0.2, 0) is 37.2 Å². The number of carbonyl (C=O) groups is 5. The van der Waals surface area contributed by atoms with Gasteiger partial charge in [-0.1, -0.05) is 75.6 Å². The molecule has 0 fully saturated rings. The molecule has 2 rings (SSSR count). The van der Waals surface area contributed by atoms with E-state index >= 15 is 0 Å². The summed E-state index contributed by atoms with van der Waals surface area (Å²) in [6.45, 7) is 15.1. The summed E-state index contributed by atoms with van der Waals surface area (Å²) in [5, 5.41) is 30.0. The monoisotopic (exact) mass is 775 g/mol. The van der Waals surface area contributed by atoms with E-state index in [9.17, 15) is 24.0 Å². The van der Waals surface area contributed by atoms with Gasteiger partial charge >= 0.3 is 0 Å². The number of Topliss-reactive ketones (excluding diaryl/α,β-unsaturated/α-hetero) is 2. The number of nitrogens with zero attached hydrogens (tertiary/aromatic N) is 3. The number of benzene rings is 2. The number of aliphatic hydroxyl groups is 2. The van der Waals surface area contributed by atoms with Gasteiger partial charge < -0.3 is 31.9 Å². The molecular weight excluding hydrogens is 715 g/mol. The van der Waals surface area contributed by atoms with Gasteiger partial charge in [-0.15, -0.1) is 13.2 Å². The number of nitrogens with two attached hydrogens (primary N) is 1. The number of azide groups is 1. The molecule has 7 N–H and O–H groups in total. The van der Waals surface area contributed by atoms with Gasteiger partial charge in [-0.3, -0.25) is 24.0 Å². The first kappa shape index (κ1) is 48.9. The summed E-state index contributed by atoms with van der Waals surface area (Å²) in [7, 11) is 0. The molecule has 0 aliphatic rings. The Kier molecular flexibility index (Phi) is 24.0. The zero-order chi connectivity index (χ0) is 42.0. The molecule has 56 heavy (non-hydrogen) atoms. The second kappa shape index (κ2) is 27.4. The van der Waals surface area contributed by atoms with Gasteiger partial charge in [0, 0.05) is 53.9 Å². The third kappa shape index (κ3) is 18.9. The molecule has 2 aromatic carbocycles. The third-order valence-electron chi connectivity index (χ3n) is 8.99. The van der Waals surface area contributed by atoms with Crippen molar-refractivity contribution in [1.29, 1.82) is 0 Å². The molecule has 4 atom stereocenters. The third-order valence-corrected chi connectivity index (χ3v) is 8.99. The largest absolute Gasteiger partial charge is 0.392 e. The van der Waals surface area contributed by atoms with Crippen molar-refractivity contribution in [3.63, 3.8) is 0 Å². The van der Waals surface area contributed by atoms with Crippen LogP contribution in [0, 0.1) is 23.7 Å². The number of carbonyl (C=O) groups excluding carboxylic acids is 5. The molecule has 0 spiro atoms. The maximum atomic E-state index is 13.0. The molecule has 0 bridgehead atoms. The van der Waals surface area contributed by atoms with Gasteiger partial charge in [-0.25, -0.2) is 0 Å². The number of allylic oxidation sites excluding steroid dienone is 2. The van der Waals surface area contributed by atoms with Gasteiger partial charge in [0.15, 0.2) is 11.6 Å². The van der Waals surface area contributed by atoms with E-state index in [0.29, 0.717) is 43.6 Å². The van der Waals surface area contributed by atoms with Crippen LogP contribution in [0.3, 0.4) is 0 Å². The summed E-state index contributed by atoms with van der Waals surface area (Å²) in [5.74, 6) is -2.21. The molecule has 0 aromatic heterocycles. The number of hydrogen-bond acceptors (Lipinski definition) is 9. The molecule has 3 amide bonds. The number of rotatable bonds is 25. The molecular formula is C42H61N7O7. The van der Waals surface area contributed by atoms with Crippen LogP contribution in [0.15, 0.2) is 79.0 Å². The molecule has 0 unspecified atom stereocenters. The number of anilines is 2. The summed E-state index contributed by atoms with van der Waals surface area (Å²) in [4.78, 5) is 65.3. The van der Waals surface area contributed by atoms with Crippen LogP contribution in [0.25, 0.3) is 10.4 Å². The number of ketones is 2. The molecule has 0 saturated carbocycles. The lowest BCUT2D eigenvalue weighted by Crippen LogP contribution is -2.45. The summed E-state index contributed by atoms with van der Waals surface area (Å²) >= 11 is 0. The highest BCUT2D eigenvalue weighted by atomic mass is 16.3. The van der Waals surface area contributed by atoms with Crippen molar-refractivity contribution in [1.82, 2.24) is 5.32 Å². The number of aliphatic hydroxyl groups excluding tert-OH is 2. The van der Waals surface area contributed by atoms with Crippen LogP contribution in [0.5, 0.6) is 0 Å². The SMILES string of the molecule is C=CC[C@H](CC(=O)[C@@H](N)C(C)C)C(=O)Nc1ccc(CO)cc1.C=CC[C@H](CC(=O)[C@@H](NC(=O)CCCCCN=[N+]=[N-])C(C)C)C(=O)Nc1ccc(CO)cc1. The number of unbranched alkanes of at least 4 members (excludes halogenated alkanes) is 2. The number of nitrogens with one attached hydrogen (secondary N) is 3. The van der Waals surface area contributed by atoms with Crippen LogP contribution in [-0.4, -0.2) is 58.1 Å². The van der Waals surface area contributed by atoms with Gasteiger partial charge in [-0.2, -0.15) is 0 Å². The Labute approximate surface area is 331 Å². The van der Waals surface area contributed by atoms with Gasteiger partial charge in [0.1, 0.15) is 0 Å². The molecule has 0 aliphatic heterocycles. The fraction of sp³-hybridized carbons (Fsp3) is 0.500. The highest BCUT2D eigenvalue weighted by Crippen LogP contribution is 2.20. The van der Waals surface area contributed by atoms with Crippen molar-refractivity contribution in [2.45, 2.75) is 104 Å². The zero-order valence-corrected chi connectivity index (χ0v) is 33.3. The molecule has 0 heterocycles. The van der Waals surface area contributed by atoms with Gasteiger partial charge in [0.2, 0.25) is 17.7 Å². The Morgan fingerprint density at radius 3 is 1.61 bits per heavy atom. The van der Waals surface area contributed by atoms with Gasteiger partial charge in [0.05, 0.1) is 25.3 Å². The summed E-state index contributed by atoms with van der Waals surface area (Å²) < 4.78 is 0. The molecule has 0 aliphatic carbocycles. The minimum absolute atomic E-state index is 0.0120. The van der Waals surface area contributed by atoms with Crippen molar-refractivity contribution < 1.29 is 34.2 Å². The highest BCUT2D eigenvalue weighted by molar-refractivity contribution is 5.98. The van der Waals surface area contributed by atoms with E-state index in [1.165, 1.54) is 0 Å². The van der Waals surface area contributed by atoms with E-state index < -0.39 is 23.9 Å². The Morgan fingerprint density at radius 2 is 1.21 bits per heavy atom. The normalized spacial score (nSPS) is 12.8. The number of hydrogen-bond donors (Lipinski definition) is 6. The Bertz CT molecular complexity index is 1600. The second-order valence-electron chi connectivity index (χ2n) is 14.3. The average Bonchev–Trinajstić information content (AvgIpc) is 3.18. The first-order valence-electron chi connectivity index (χ1n) is 19.0. The van der Waals surface area contributed by atoms with E-state index in [2.05, 4.69) is 39.1 Å². The molecule has 14 heteroatoms. The predicted molar refractivity (Wildman–Crippen MR) is 220 cm³/mol. The van der Waals surface area contributed by atoms with E-state index in [1.54, 1.807) is 60.7 Å². The lowest BCUT2D eigenvalue weighted by molar-refractivity contribution is -0.131. The van der Waals surface area contributed by atoms with Crippen molar-refractivity contribution in [3.8, 4) is 0 Å². The van der Waals surface area contributed by atoms with Crippen molar-refractivity contribution in [2.24, 2.45) is 34.5 Å². The smallest absolute Gasteiger partial charge is 0.228 e. The highest BCUT2D eigenvalue weighted by Gasteiger charge is 2.29. The van der Waals surface area contributed by atoms with Crippen molar-refractivity contribution >= 4 is 40.7 Å². The van der Waals surface area contributed by atoms with Crippen LogP contribution in [0.2, 0.25) is 0 Å². The lowest BCUT2D eigenvalue weighted by atomic mass is 9.90. The quantitative estimate of drug-likeness (QED) is 0.0213. The first-order chi connectivity index (χ1) is 26.7. The summed E-state index contributed by atoms with van der Waals surface area (Å²) in [6, 6.07) is 12.5. The van der Waals surface area contributed by atoms with E-state index in [0.717, 1.165) is 17.5 Å². The Balaban J connectivity index is 0.000000597. The molecule has 0 saturated heterocycles. The molecule has 0 radical (unpaired) electrons. The van der Waals surface area contributed by atoms with Gasteiger partial charge in [0.25, 0.3) is 0 Å². The number of amides is 3. The lowest BCUT2D eigenvalue weighted by Gasteiger charge is -2.23. The van der Waals surface area contributed by atoms with E-state index in [4.69, 9.17) is 21.5 Å². The predicted octanol–water partition coefficient (Wildman–Crippen LogP) is 6.53. The topological polar surface area (TPSA) is 237 Å². The standard InChI is InChI=1S/C24H35N5O4.C18H26N2O3/c1-4-8-19(24(33)27-20-12-10-18(16-30)11-13-20)15-21(31)23(17(2)3)28-22(32)9-6-5-7-14-26-29-25;1-4-5-14(10-16(22)17(19)12(2)3)18(23)20-15-8-6-13(11-21)7-9-15/h4,10-13,17,19,23,30H,1,5-9,14-16H2,2-3H3,(H,27,33)(H,28,32);4,6-9,12,14,17,21H,1,5,10-11,19H2,2-3H3,(H,20,23)/t19-,23+;14-,17+/m11/s1. The van der Waals surface area contributed by atoms with Crippen LogP contribution >= 0.6 is 0 Å². The molecule has 306 valence electrons. The summed E-state index contributed by atoms with van der Waals surface area (Å²) in [6.07, 6.45) is 6.47. The first-order valence-corrected chi connectivity index (χ1v) is 19.0. The average molecular weight is 776 g/mol.